The van der Waals surface area contributed by atoms with Crippen LogP contribution in [0.15, 0.2) is 60.7 Å². The van der Waals surface area contributed by atoms with E-state index in [4.69, 9.17) is 32.7 Å². The molecule has 0 aliphatic heterocycles. The first kappa shape index (κ1) is 25.4. The largest absolute Gasteiger partial charge is 0.573 e. The molecule has 3 aromatic rings. The van der Waals surface area contributed by atoms with Crippen molar-refractivity contribution in [2.45, 2.75) is 19.2 Å². The molecule has 0 unspecified atom stereocenters. The number of carbonyl (C=O) groups excluding carboxylic acids is 2. The second kappa shape index (κ2) is 11.3. The summed E-state index contributed by atoms with van der Waals surface area (Å²) in [4.78, 5) is 23.0. The molecule has 5 nitrogen and oxygen atoms in total. The smallest absolute Gasteiger partial charge is 0.465 e. The minimum Gasteiger partial charge on any atom is -0.465 e. The number of alkyl halides is 3. The van der Waals surface area contributed by atoms with Crippen molar-refractivity contribution >= 4 is 35.5 Å². The first-order chi connectivity index (χ1) is 16.1. The van der Waals surface area contributed by atoms with Crippen molar-refractivity contribution in [1.29, 1.82) is 0 Å². The molecule has 3 aromatic carbocycles. The van der Waals surface area contributed by atoms with Crippen LogP contribution < -0.4 is 9.47 Å². The Labute approximate surface area is 203 Å². The summed E-state index contributed by atoms with van der Waals surface area (Å²) in [5.74, 6) is -0.400. The number of hydrogen-bond acceptors (Lipinski definition) is 5. The summed E-state index contributed by atoms with van der Waals surface area (Å²) in [5, 5.41) is 0.557. The van der Waals surface area contributed by atoms with Crippen molar-refractivity contribution in [3.05, 3.63) is 87.4 Å². The fourth-order valence-electron chi connectivity index (χ4n) is 3.01. The van der Waals surface area contributed by atoms with E-state index >= 15 is 0 Å². The van der Waals surface area contributed by atoms with Gasteiger partial charge in [-0.05, 0) is 48.0 Å². The van der Waals surface area contributed by atoms with Gasteiger partial charge in [-0.1, -0.05) is 41.4 Å². The molecule has 0 spiro atoms. The number of ether oxygens (including phenoxy) is 3. The maximum Gasteiger partial charge on any atom is 0.573 e. The van der Waals surface area contributed by atoms with Gasteiger partial charge in [0.05, 0.1) is 13.0 Å². The van der Waals surface area contributed by atoms with Crippen molar-refractivity contribution in [3.63, 3.8) is 0 Å². The van der Waals surface area contributed by atoms with Gasteiger partial charge in [-0.2, -0.15) is 0 Å². The van der Waals surface area contributed by atoms with Crippen LogP contribution in [0.5, 0.6) is 17.2 Å². The van der Waals surface area contributed by atoms with Crippen molar-refractivity contribution in [2.24, 2.45) is 0 Å². The van der Waals surface area contributed by atoms with Crippen LogP contribution in [0, 0.1) is 0 Å². The summed E-state index contributed by atoms with van der Waals surface area (Å²) in [6.07, 6.45) is -3.92. The highest BCUT2D eigenvalue weighted by molar-refractivity contribution is 6.35. The van der Waals surface area contributed by atoms with E-state index in [2.05, 4.69) is 4.74 Å². The highest BCUT2D eigenvalue weighted by atomic mass is 35.5. The second-order valence-electron chi connectivity index (χ2n) is 7.00. The molecular formula is C24H17Cl2F3O5. The first-order valence-electron chi connectivity index (χ1n) is 9.84. The summed E-state index contributed by atoms with van der Waals surface area (Å²) < 4.78 is 51.9. The second-order valence-corrected chi connectivity index (χ2v) is 7.84. The minimum atomic E-state index is -4.80. The molecule has 0 saturated carbocycles. The van der Waals surface area contributed by atoms with E-state index in [0.717, 1.165) is 12.1 Å². The Bertz CT molecular complexity index is 1160. The summed E-state index contributed by atoms with van der Waals surface area (Å²) in [6, 6.07) is 14.4. The molecule has 0 bridgehead atoms. The lowest BCUT2D eigenvalue weighted by molar-refractivity contribution is -0.274. The van der Waals surface area contributed by atoms with Crippen molar-refractivity contribution in [3.8, 4) is 17.2 Å². The van der Waals surface area contributed by atoms with Crippen molar-refractivity contribution in [2.75, 3.05) is 6.61 Å². The number of benzene rings is 3. The zero-order valence-corrected chi connectivity index (χ0v) is 18.9. The van der Waals surface area contributed by atoms with Crippen LogP contribution in [-0.2, 0) is 22.4 Å². The van der Waals surface area contributed by atoms with E-state index in [0.29, 0.717) is 23.0 Å². The van der Waals surface area contributed by atoms with Gasteiger partial charge in [-0.15, -0.1) is 13.2 Å². The third-order valence-electron chi connectivity index (χ3n) is 4.46. The highest BCUT2D eigenvalue weighted by Gasteiger charge is 2.31. The highest BCUT2D eigenvalue weighted by Crippen LogP contribution is 2.35. The third kappa shape index (κ3) is 7.67. The number of aldehydes is 1. The van der Waals surface area contributed by atoms with Gasteiger partial charge in [0.1, 0.15) is 23.5 Å². The molecule has 0 fully saturated rings. The fourth-order valence-corrected chi connectivity index (χ4v) is 3.58. The predicted octanol–water partition coefficient (Wildman–Crippen LogP) is 6.83. The summed E-state index contributed by atoms with van der Waals surface area (Å²) >= 11 is 12.4. The Morgan fingerprint density at radius 3 is 2.35 bits per heavy atom. The van der Waals surface area contributed by atoms with Crippen LogP contribution in [0.2, 0.25) is 10.0 Å². The summed E-state index contributed by atoms with van der Waals surface area (Å²) in [6.45, 7) is -0.0116. The molecule has 0 radical (unpaired) electrons. The number of esters is 1. The van der Waals surface area contributed by atoms with E-state index in [1.165, 1.54) is 24.3 Å². The Hall–Kier alpha value is -3.23. The normalized spacial score (nSPS) is 11.1. The van der Waals surface area contributed by atoms with E-state index < -0.39 is 18.1 Å². The van der Waals surface area contributed by atoms with Crippen LogP contribution in [0.4, 0.5) is 13.2 Å². The lowest BCUT2D eigenvalue weighted by Crippen LogP contribution is -2.16. The predicted molar refractivity (Wildman–Crippen MR) is 120 cm³/mol. The molecule has 34 heavy (non-hydrogen) atoms. The topological polar surface area (TPSA) is 61.8 Å². The number of rotatable bonds is 9. The molecule has 10 heteroatoms. The van der Waals surface area contributed by atoms with Gasteiger partial charge in [0.25, 0.3) is 0 Å². The molecule has 3 rings (SSSR count). The zero-order valence-electron chi connectivity index (χ0n) is 17.4. The van der Waals surface area contributed by atoms with E-state index in [1.54, 1.807) is 24.3 Å². The standard InChI is InChI=1S/C24H17Cl2F3O5/c25-17-12-21(26)20(8-9-32-23(31)11-15-2-1-3-16(10-15)14-30)22(13-17)33-18-4-6-19(7-5-18)34-24(27,28)29/h1-7,10,12-14H,8-9,11H2. The SMILES string of the molecule is O=Cc1cccc(CC(=O)OCCc2c(Cl)cc(Cl)cc2Oc2ccc(OC(F)(F)F)cc2)c1. The van der Waals surface area contributed by atoms with Gasteiger partial charge in [0.15, 0.2) is 0 Å². The molecule has 0 atom stereocenters. The van der Waals surface area contributed by atoms with Crippen molar-refractivity contribution in [1.82, 2.24) is 0 Å². The van der Waals surface area contributed by atoms with Gasteiger partial charge in [0, 0.05) is 27.6 Å². The average molecular weight is 513 g/mol. The molecule has 0 saturated heterocycles. The molecule has 0 heterocycles. The quantitative estimate of drug-likeness (QED) is 0.232. The lowest BCUT2D eigenvalue weighted by atomic mass is 10.1. The van der Waals surface area contributed by atoms with Crippen LogP contribution in [0.25, 0.3) is 0 Å². The van der Waals surface area contributed by atoms with Crippen LogP contribution >= 0.6 is 23.2 Å². The summed E-state index contributed by atoms with van der Waals surface area (Å²) in [7, 11) is 0. The number of halogens is 5. The number of hydrogen-bond donors (Lipinski definition) is 0. The van der Waals surface area contributed by atoms with E-state index in [1.807, 2.05) is 0 Å². The zero-order chi connectivity index (χ0) is 24.7. The van der Waals surface area contributed by atoms with E-state index in [-0.39, 0.29) is 41.0 Å². The van der Waals surface area contributed by atoms with Gasteiger partial charge in [0.2, 0.25) is 0 Å². The molecule has 0 amide bonds. The van der Waals surface area contributed by atoms with Crippen LogP contribution in [-0.4, -0.2) is 25.2 Å². The first-order valence-corrected chi connectivity index (χ1v) is 10.6. The Morgan fingerprint density at radius 2 is 1.68 bits per heavy atom. The van der Waals surface area contributed by atoms with Gasteiger partial charge in [-0.3, -0.25) is 9.59 Å². The van der Waals surface area contributed by atoms with Crippen LogP contribution in [0.1, 0.15) is 21.5 Å². The van der Waals surface area contributed by atoms with Crippen LogP contribution in [0.3, 0.4) is 0 Å². The molecule has 178 valence electrons. The monoisotopic (exact) mass is 512 g/mol. The Balaban J connectivity index is 1.64. The molecular weight excluding hydrogens is 496 g/mol. The fraction of sp³-hybridized carbons (Fsp3) is 0.167. The lowest BCUT2D eigenvalue weighted by Gasteiger charge is -2.15. The molecule has 0 aromatic heterocycles. The summed E-state index contributed by atoms with van der Waals surface area (Å²) in [5.41, 5.74) is 1.59. The Kier molecular flexibility index (Phi) is 8.41. The molecule has 0 aliphatic carbocycles. The van der Waals surface area contributed by atoms with Gasteiger partial charge < -0.3 is 14.2 Å². The maximum absolute atomic E-state index is 12.3. The average Bonchev–Trinajstić information content (AvgIpc) is 2.76. The van der Waals surface area contributed by atoms with Gasteiger partial charge in [-0.25, -0.2) is 0 Å². The van der Waals surface area contributed by atoms with Crippen molar-refractivity contribution < 1.29 is 37.0 Å². The van der Waals surface area contributed by atoms with Gasteiger partial charge >= 0.3 is 12.3 Å². The molecule has 0 aliphatic rings. The Morgan fingerprint density at radius 1 is 0.971 bits per heavy atom. The number of carbonyl (C=O) groups is 2. The maximum atomic E-state index is 12.3. The third-order valence-corrected chi connectivity index (χ3v) is 5.01. The van der Waals surface area contributed by atoms with E-state index in [9.17, 15) is 22.8 Å². The minimum absolute atomic E-state index is 0.00820. The molecule has 0 N–H and O–H groups in total.